The van der Waals surface area contributed by atoms with Crippen molar-refractivity contribution in [3.63, 3.8) is 0 Å². The Morgan fingerprint density at radius 3 is 1.34 bits per heavy atom. The van der Waals surface area contributed by atoms with Crippen molar-refractivity contribution in [2.45, 2.75) is 84.7 Å². The summed E-state index contributed by atoms with van der Waals surface area (Å²) in [6.07, 6.45) is 8.57. The Bertz CT molecular complexity index is 3720. The summed E-state index contributed by atoms with van der Waals surface area (Å²) in [6.45, 7) is 19.7. The maximum absolute atomic E-state index is 13.5. The lowest BCUT2D eigenvalue weighted by Gasteiger charge is -2.13. The first-order valence-electron chi connectivity index (χ1n) is 26.1. The molecule has 0 atom stereocenters. The molecule has 8 heterocycles. The number of alkyl halides is 3. The van der Waals surface area contributed by atoms with Gasteiger partial charge >= 0.3 is 18.1 Å². The van der Waals surface area contributed by atoms with Crippen LogP contribution in [-0.2, 0) is 31.9 Å². The second kappa shape index (κ2) is 26.4. The van der Waals surface area contributed by atoms with E-state index in [0.717, 1.165) is 39.3 Å². The van der Waals surface area contributed by atoms with Crippen LogP contribution in [0, 0.1) is 0 Å². The summed E-state index contributed by atoms with van der Waals surface area (Å²) in [5, 5.41) is 11.4. The molecule has 21 nitrogen and oxygen atoms in total. The standard InChI is InChI=1S/C25H25F3N6O2.C14H20N4O.C13H16N2O2.C7H8N2O2/c1-24(2,3)19-15-33-13-16(9-10-20(33)31-19)22(35)29-11-12-30-23(36)18-14-34(17-7-5-4-6-8-17)32-21(18)25(26,27)28;1-14(2,3)11-9-18-8-10(4-5-12(18)17-11)13(19)16-7-6-15;1-13(2,3)10-8-15-7-9(12(16)17-4)5-6-11(15)14-10;1-11-7(10)5-2-3-6(8)9-4-5/h4-10,13-15H,11-12H2,1-3H3,(H,29,35)(H,30,36);4-5,8-9H,6-7,15H2,1-3H3,(H,16,19);5-8H,1-4H3;2-4H,1H3,(H2,8,9). The zero-order chi connectivity index (χ0) is 61.0. The van der Waals surface area contributed by atoms with Crippen LogP contribution in [0.5, 0.6) is 0 Å². The summed E-state index contributed by atoms with van der Waals surface area (Å²) >= 11 is 0. The first-order valence-corrected chi connectivity index (χ1v) is 26.1. The smallest absolute Gasteiger partial charge is 0.435 e. The van der Waals surface area contributed by atoms with E-state index in [4.69, 9.17) is 11.5 Å². The largest absolute Gasteiger partial charge is 0.465 e. The highest BCUT2D eigenvalue weighted by molar-refractivity contribution is 5.96. The summed E-state index contributed by atoms with van der Waals surface area (Å²) in [4.78, 5) is 76.5. The number of rotatable bonds is 11. The number of esters is 2. The van der Waals surface area contributed by atoms with Gasteiger partial charge in [0.25, 0.3) is 17.7 Å². The maximum Gasteiger partial charge on any atom is 0.435 e. The summed E-state index contributed by atoms with van der Waals surface area (Å²) in [5.41, 5.74) is 16.2. The first-order chi connectivity index (χ1) is 39.0. The molecule has 0 saturated heterocycles. The molecule has 24 heteroatoms. The molecule has 0 spiro atoms. The predicted molar refractivity (Wildman–Crippen MR) is 308 cm³/mol. The number of anilines is 1. The number of carbonyl (C=O) groups excluding carboxylic acids is 5. The fourth-order valence-corrected chi connectivity index (χ4v) is 7.51. The van der Waals surface area contributed by atoms with Gasteiger partial charge < -0.3 is 50.1 Å². The molecule has 9 aromatic rings. The SMILES string of the molecule is CC(C)(C)c1cn2cc(C(=O)NCCN)ccc2n1.CC(C)(C)c1cn2cc(C(=O)NCCNC(=O)c3cn(-c4ccccc4)nc3C(F)(F)F)ccc2n1.COC(=O)c1ccc(N)nc1.COC(=O)c1ccc2nc(C(C)(C)C)cn2c1. The third-order valence-corrected chi connectivity index (χ3v) is 12.2. The minimum atomic E-state index is -4.81. The summed E-state index contributed by atoms with van der Waals surface area (Å²) in [6, 6.07) is 21.8. The number of fused-ring (bicyclic) bond motifs is 3. The lowest BCUT2D eigenvalue weighted by molar-refractivity contribution is -0.141. The Kier molecular flexibility index (Phi) is 20.0. The van der Waals surface area contributed by atoms with E-state index in [0.29, 0.717) is 52.5 Å². The van der Waals surface area contributed by atoms with Gasteiger partial charge in [0.2, 0.25) is 0 Å². The van der Waals surface area contributed by atoms with Gasteiger partial charge in [0.1, 0.15) is 22.8 Å². The van der Waals surface area contributed by atoms with Gasteiger partial charge in [-0.15, -0.1) is 0 Å². The summed E-state index contributed by atoms with van der Waals surface area (Å²) in [5.74, 6) is -1.79. The number of nitrogens with zero attached hydrogens (tertiary/aromatic N) is 9. The molecule has 8 aromatic heterocycles. The van der Waals surface area contributed by atoms with Crippen molar-refractivity contribution < 1.29 is 46.6 Å². The molecule has 0 unspecified atom stereocenters. The number of imidazole rings is 3. The third kappa shape index (κ3) is 16.8. The van der Waals surface area contributed by atoms with Crippen LogP contribution >= 0.6 is 0 Å². The number of amides is 3. The number of nitrogens with two attached hydrogens (primary N) is 2. The average Bonchev–Trinajstić information content (AvgIpc) is 4.49. The van der Waals surface area contributed by atoms with E-state index in [9.17, 15) is 37.1 Å². The monoisotopic (exact) mass is 1140 g/mol. The number of benzene rings is 1. The second-order valence-corrected chi connectivity index (χ2v) is 21.9. The second-order valence-electron chi connectivity index (χ2n) is 21.9. The number of para-hydroxylation sites is 1. The van der Waals surface area contributed by atoms with E-state index in [1.165, 1.54) is 20.4 Å². The molecule has 0 aliphatic rings. The molecule has 3 amide bonds. The van der Waals surface area contributed by atoms with Crippen molar-refractivity contribution in [2.75, 3.05) is 46.1 Å². The molecule has 0 bridgehead atoms. The molecule has 9 rings (SSSR count). The highest BCUT2D eigenvalue weighted by Crippen LogP contribution is 2.32. The molecule has 0 aliphatic carbocycles. The molecule has 0 radical (unpaired) electrons. The van der Waals surface area contributed by atoms with Crippen molar-refractivity contribution in [3.05, 3.63) is 179 Å². The van der Waals surface area contributed by atoms with E-state index < -0.39 is 29.3 Å². The van der Waals surface area contributed by atoms with Crippen molar-refractivity contribution in [1.29, 1.82) is 0 Å². The minimum Gasteiger partial charge on any atom is -0.465 e. The maximum atomic E-state index is 13.5. The van der Waals surface area contributed by atoms with Crippen LogP contribution in [0.1, 0.15) is 137 Å². The number of aromatic nitrogens is 9. The Hall–Kier alpha value is -9.45. The van der Waals surface area contributed by atoms with E-state index in [2.05, 4.69) is 92.0 Å². The Balaban J connectivity index is 0.000000197. The van der Waals surface area contributed by atoms with Crippen LogP contribution in [0.2, 0.25) is 0 Å². The average molecular weight is 1140 g/mol. The lowest BCUT2D eigenvalue weighted by atomic mass is 9.93. The Labute approximate surface area is 477 Å². The fourth-order valence-electron chi connectivity index (χ4n) is 7.51. The van der Waals surface area contributed by atoms with Crippen molar-refractivity contribution in [2.24, 2.45) is 5.73 Å². The zero-order valence-corrected chi connectivity index (χ0v) is 48.1. The van der Waals surface area contributed by atoms with E-state index in [-0.39, 0.29) is 47.1 Å². The number of methoxy groups -OCH3 is 2. The molecule has 0 saturated carbocycles. The van der Waals surface area contributed by atoms with Gasteiger partial charge in [-0.3, -0.25) is 14.4 Å². The third-order valence-electron chi connectivity index (χ3n) is 12.2. The molecular weight excluding hydrogens is 1070 g/mol. The first kappa shape index (κ1) is 62.7. The number of hydrogen-bond acceptors (Lipinski definition) is 14. The van der Waals surface area contributed by atoms with Gasteiger partial charge in [-0.1, -0.05) is 80.5 Å². The van der Waals surface area contributed by atoms with Crippen LogP contribution < -0.4 is 27.4 Å². The van der Waals surface area contributed by atoms with Gasteiger partial charge in [-0.05, 0) is 60.7 Å². The van der Waals surface area contributed by atoms with Gasteiger partial charge in [0.05, 0.1) is 64.8 Å². The van der Waals surface area contributed by atoms with E-state index >= 15 is 0 Å². The highest BCUT2D eigenvalue weighted by Gasteiger charge is 2.39. The summed E-state index contributed by atoms with van der Waals surface area (Å²) < 4.78 is 56.1. The van der Waals surface area contributed by atoms with Gasteiger partial charge in [-0.25, -0.2) is 34.2 Å². The number of nitrogens with one attached hydrogen (secondary N) is 3. The van der Waals surface area contributed by atoms with Crippen molar-refractivity contribution in [1.82, 2.24) is 58.9 Å². The van der Waals surface area contributed by atoms with Gasteiger partial charge in [0.15, 0.2) is 5.69 Å². The highest BCUT2D eigenvalue weighted by atomic mass is 19.4. The van der Waals surface area contributed by atoms with Crippen LogP contribution in [-0.4, -0.2) is 113 Å². The minimum absolute atomic E-state index is 0.00253. The van der Waals surface area contributed by atoms with Gasteiger partial charge in [0, 0.05) is 92.0 Å². The zero-order valence-electron chi connectivity index (χ0n) is 48.1. The topological polar surface area (TPSA) is 275 Å². The summed E-state index contributed by atoms with van der Waals surface area (Å²) in [7, 11) is 2.69. The number of hydrogen-bond donors (Lipinski definition) is 5. The molecule has 438 valence electrons. The quantitative estimate of drug-likeness (QED) is 0.0604. The van der Waals surface area contributed by atoms with Gasteiger partial charge in [-0.2, -0.15) is 18.3 Å². The normalized spacial score (nSPS) is 11.6. The number of ether oxygens (including phenoxy) is 2. The number of pyridine rings is 4. The molecule has 83 heavy (non-hydrogen) atoms. The number of carbonyl (C=O) groups is 5. The van der Waals surface area contributed by atoms with Crippen LogP contribution in [0.25, 0.3) is 22.6 Å². The number of nitrogen functional groups attached to an aromatic ring is 1. The van der Waals surface area contributed by atoms with Crippen LogP contribution in [0.3, 0.4) is 0 Å². The molecular formula is C59H69F3N14O7. The Morgan fingerprint density at radius 2 is 0.928 bits per heavy atom. The van der Waals surface area contributed by atoms with Crippen molar-refractivity contribution >= 4 is 52.4 Å². The predicted octanol–water partition coefficient (Wildman–Crippen LogP) is 8.19. The Morgan fingerprint density at radius 1 is 0.518 bits per heavy atom. The van der Waals surface area contributed by atoms with E-state index in [1.807, 2.05) is 60.3 Å². The van der Waals surface area contributed by atoms with E-state index in [1.54, 1.807) is 89.7 Å². The van der Waals surface area contributed by atoms with Crippen molar-refractivity contribution in [3.8, 4) is 5.69 Å². The number of halogens is 3. The molecule has 1 aromatic carbocycles. The fraction of sp³-hybridized carbons (Fsp3) is 0.322. The lowest BCUT2D eigenvalue weighted by Crippen LogP contribution is -2.35. The molecule has 0 aliphatic heterocycles. The van der Waals surface area contributed by atoms with Crippen LogP contribution in [0.4, 0.5) is 19.0 Å². The molecule has 0 fully saturated rings. The van der Waals surface area contributed by atoms with Crippen LogP contribution in [0.15, 0.2) is 128 Å². The molecule has 7 N–H and O–H groups in total.